The summed E-state index contributed by atoms with van der Waals surface area (Å²) in [6.45, 7) is 8.46. The van der Waals surface area contributed by atoms with Gasteiger partial charge in [-0.2, -0.15) is 0 Å². The molecule has 1 aromatic rings. The fourth-order valence-corrected chi connectivity index (χ4v) is 2.92. The van der Waals surface area contributed by atoms with Gasteiger partial charge in [-0.25, -0.2) is 13.1 Å². The molecule has 0 aliphatic carbocycles. The van der Waals surface area contributed by atoms with Crippen molar-refractivity contribution in [2.45, 2.75) is 58.2 Å². The van der Waals surface area contributed by atoms with E-state index in [-0.39, 0.29) is 11.9 Å². The Balaban J connectivity index is 2.27. The number of benzene rings is 1. The molecule has 25 heavy (non-hydrogen) atoms. The Kier molecular flexibility index (Phi) is 8.92. The fraction of sp³-hybridized carbons (Fsp3) is 0.611. The Morgan fingerprint density at radius 1 is 1.04 bits per heavy atom. The Morgan fingerprint density at radius 2 is 1.72 bits per heavy atom. The van der Waals surface area contributed by atoms with E-state index in [4.69, 9.17) is 0 Å². The van der Waals surface area contributed by atoms with E-state index >= 15 is 0 Å². The van der Waals surface area contributed by atoms with E-state index in [2.05, 4.69) is 15.4 Å². The van der Waals surface area contributed by atoms with Gasteiger partial charge >= 0.3 is 0 Å². The SMILES string of the molecule is CC(C)NC(=O)c1cccc(NCCCCCNS(=O)(=O)C(C)C)c1. The summed E-state index contributed by atoms with van der Waals surface area (Å²) >= 11 is 0. The summed E-state index contributed by atoms with van der Waals surface area (Å²) in [7, 11) is -3.16. The van der Waals surface area contributed by atoms with Gasteiger partial charge in [0, 0.05) is 30.4 Å². The number of sulfonamides is 1. The highest BCUT2D eigenvalue weighted by atomic mass is 32.2. The van der Waals surface area contributed by atoms with Crippen molar-refractivity contribution in [2.75, 3.05) is 18.4 Å². The average molecular weight is 370 g/mol. The van der Waals surface area contributed by atoms with Crippen LogP contribution in [0.4, 0.5) is 5.69 Å². The number of anilines is 1. The minimum absolute atomic E-state index is 0.0731. The van der Waals surface area contributed by atoms with Gasteiger partial charge in [-0.3, -0.25) is 4.79 Å². The van der Waals surface area contributed by atoms with Crippen LogP contribution in [0.3, 0.4) is 0 Å². The summed E-state index contributed by atoms with van der Waals surface area (Å²) in [5, 5.41) is 5.78. The van der Waals surface area contributed by atoms with Crippen LogP contribution in [0.1, 0.15) is 57.3 Å². The zero-order chi connectivity index (χ0) is 18.9. The monoisotopic (exact) mass is 369 g/mol. The van der Waals surface area contributed by atoms with E-state index < -0.39 is 15.3 Å². The fourth-order valence-electron chi connectivity index (χ4n) is 2.16. The molecule has 0 aliphatic rings. The van der Waals surface area contributed by atoms with Gasteiger partial charge in [0.15, 0.2) is 0 Å². The largest absolute Gasteiger partial charge is 0.385 e. The van der Waals surface area contributed by atoms with Gasteiger partial charge < -0.3 is 10.6 Å². The lowest BCUT2D eigenvalue weighted by Crippen LogP contribution is -2.31. The van der Waals surface area contributed by atoms with Crippen LogP contribution >= 0.6 is 0 Å². The number of carbonyl (C=O) groups excluding carboxylic acids is 1. The molecular weight excluding hydrogens is 338 g/mol. The molecule has 0 unspecified atom stereocenters. The summed E-state index contributed by atoms with van der Waals surface area (Å²) in [5.74, 6) is -0.0731. The lowest BCUT2D eigenvalue weighted by molar-refractivity contribution is 0.0943. The molecule has 0 saturated heterocycles. The molecule has 7 heteroatoms. The highest BCUT2D eigenvalue weighted by Gasteiger charge is 2.13. The molecule has 0 heterocycles. The topological polar surface area (TPSA) is 87.3 Å². The van der Waals surface area contributed by atoms with Gasteiger partial charge in [0.25, 0.3) is 5.91 Å². The van der Waals surface area contributed by atoms with Crippen molar-refractivity contribution >= 4 is 21.6 Å². The standard InChI is InChI=1S/C18H31N3O3S/c1-14(2)21-18(22)16-9-8-10-17(13-16)19-11-6-5-7-12-20-25(23,24)15(3)4/h8-10,13-15,19-20H,5-7,11-12H2,1-4H3,(H,21,22). The first-order valence-corrected chi connectivity index (χ1v) is 10.4. The van der Waals surface area contributed by atoms with Crippen LogP contribution < -0.4 is 15.4 Å². The molecule has 1 rings (SSSR count). The van der Waals surface area contributed by atoms with E-state index in [1.165, 1.54) is 0 Å². The second-order valence-corrected chi connectivity index (χ2v) is 9.01. The van der Waals surface area contributed by atoms with Crippen molar-refractivity contribution in [1.82, 2.24) is 10.0 Å². The molecule has 0 bridgehead atoms. The third-order valence-corrected chi connectivity index (χ3v) is 5.50. The first-order chi connectivity index (χ1) is 11.7. The molecule has 0 aromatic heterocycles. The third-order valence-electron chi connectivity index (χ3n) is 3.65. The predicted octanol–water partition coefficient (Wildman–Crippen LogP) is 2.73. The van der Waals surface area contributed by atoms with E-state index in [1.807, 2.05) is 32.0 Å². The van der Waals surface area contributed by atoms with E-state index in [1.54, 1.807) is 19.9 Å². The zero-order valence-electron chi connectivity index (χ0n) is 15.6. The minimum atomic E-state index is -3.16. The first-order valence-electron chi connectivity index (χ1n) is 8.85. The van der Waals surface area contributed by atoms with Gasteiger partial charge in [-0.05, 0) is 58.7 Å². The molecule has 6 nitrogen and oxygen atoms in total. The van der Waals surface area contributed by atoms with Crippen molar-refractivity contribution in [3.05, 3.63) is 29.8 Å². The minimum Gasteiger partial charge on any atom is -0.385 e. The van der Waals surface area contributed by atoms with Crippen molar-refractivity contribution in [3.8, 4) is 0 Å². The van der Waals surface area contributed by atoms with Crippen LogP contribution in [0.5, 0.6) is 0 Å². The summed E-state index contributed by atoms with van der Waals surface area (Å²) < 4.78 is 25.8. The van der Waals surface area contributed by atoms with Gasteiger partial charge in [0.2, 0.25) is 10.0 Å². The lowest BCUT2D eigenvalue weighted by atomic mass is 10.1. The number of unbranched alkanes of at least 4 members (excludes halogenated alkanes) is 2. The molecule has 1 amide bonds. The maximum Gasteiger partial charge on any atom is 0.251 e. The summed E-state index contributed by atoms with van der Waals surface area (Å²) in [5.41, 5.74) is 1.55. The second-order valence-electron chi connectivity index (χ2n) is 6.68. The van der Waals surface area contributed by atoms with Crippen molar-refractivity contribution in [2.24, 2.45) is 0 Å². The van der Waals surface area contributed by atoms with Crippen molar-refractivity contribution in [3.63, 3.8) is 0 Å². The quantitative estimate of drug-likeness (QED) is 0.523. The number of nitrogens with one attached hydrogen (secondary N) is 3. The molecule has 0 aliphatic heterocycles. The van der Waals surface area contributed by atoms with Gasteiger partial charge in [-0.15, -0.1) is 0 Å². The number of carbonyl (C=O) groups is 1. The predicted molar refractivity (Wildman–Crippen MR) is 103 cm³/mol. The molecule has 3 N–H and O–H groups in total. The van der Waals surface area contributed by atoms with Crippen molar-refractivity contribution in [1.29, 1.82) is 0 Å². The average Bonchev–Trinajstić information content (AvgIpc) is 2.53. The molecule has 0 radical (unpaired) electrons. The van der Waals surface area contributed by atoms with Gasteiger partial charge in [-0.1, -0.05) is 12.5 Å². The smallest absolute Gasteiger partial charge is 0.251 e. The third kappa shape index (κ3) is 8.36. The Bertz CT molecular complexity index is 643. The van der Waals surface area contributed by atoms with Crippen molar-refractivity contribution < 1.29 is 13.2 Å². The maximum absolute atomic E-state index is 12.0. The number of amides is 1. The van der Waals surface area contributed by atoms with Crippen LogP contribution in [0, 0.1) is 0 Å². The van der Waals surface area contributed by atoms with Crippen LogP contribution in [0.2, 0.25) is 0 Å². The molecule has 1 aromatic carbocycles. The number of hydrogen-bond donors (Lipinski definition) is 3. The Labute approximate surface area is 151 Å². The van der Waals surface area contributed by atoms with Crippen LogP contribution in [0.25, 0.3) is 0 Å². The number of rotatable bonds is 11. The molecule has 0 fully saturated rings. The second kappa shape index (κ2) is 10.4. The van der Waals surface area contributed by atoms with E-state index in [9.17, 15) is 13.2 Å². The molecule has 0 saturated carbocycles. The van der Waals surface area contributed by atoms with E-state index in [0.717, 1.165) is 31.5 Å². The molecular formula is C18H31N3O3S. The summed E-state index contributed by atoms with van der Waals surface area (Å²) in [6, 6.07) is 7.54. The van der Waals surface area contributed by atoms with E-state index in [0.29, 0.717) is 12.1 Å². The molecule has 142 valence electrons. The Hall–Kier alpha value is -1.60. The van der Waals surface area contributed by atoms with Crippen LogP contribution in [-0.4, -0.2) is 38.7 Å². The summed E-state index contributed by atoms with van der Waals surface area (Å²) in [4.78, 5) is 12.0. The summed E-state index contributed by atoms with van der Waals surface area (Å²) in [6.07, 6.45) is 2.68. The van der Waals surface area contributed by atoms with Gasteiger partial charge in [0.1, 0.15) is 0 Å². The molecule has 0 spiro atoms. The Morgan fingerprint density at radius 3 is 2.36 bits per heavy atom. The van der Waals surface area contributed by atoms with Crippen LogP contribution in [-0.2, 0) is 10.0 Å². The normalized spacial score (nSPS) is 11.8. The lowest BCUT2D eigenvalue weighted by Gasteiger charge is -2.11. The first kappa shape index (κ1) is 21.4. The zero-order valence-corrected chi connectivity index (χ0v) is 16.4. The maximum atomic E-state index is 12.0. The van der Waals surface area contributed by atoms with Gasteiger partial charge in [0.05, 0.1) is 5.25 Å². The number of hydrogen-bond acceptors (Lipinski definition) is 4. The highest BCUT2D eigenvalue weighted by Crippen LogP contribution is 2.11. The van der Waals surface area contributed by atoms with Crippen LogP contribution in [0.15, 0.2) is 24.3 Å². The molecule has 0 atom stereocenters. The highest BCUT2D eigenvalue weighted by molar-refractivity contribution is 7.90.